The van der Waals surface area contributed by atoms with Crippen molar-refractivity contribution in [3.8, 4) is 5.69 Å². The molecule has 3 nitrogen and oxygen atoms in total. The molecule has 6 heteroatoms. The Bertz CT molecular complexity index is 3210. The summed E-state index contributed by atoms with van der Waals surface area (Å²) in [5.74, 6) is 0. The molecule has 1 heterocycles. The van der Waals surface area contributed by atoms with Crippen LogP contribution in [0.25, 0.3) is 27.5 Å². The number of fused-ring (bicyclic) bond motifs is 3. The molecule has 11 aromatic rings. The molecule has 0 unspecified atom stereocenters. The highest BCUT2D eigenvalue weighted by molar-refractivity contribution is 7.85. The highest BCUT2D eigenvalue weighted by Crippen LogP contribution is 2.46. The van der Waals surface area contributed by atoms with Crippen molar-refractivity contribution < 1.29 is 9.13 Å². The molecule has 316 valence electrons. The number of aromatic nitrogens is 1. The van der Waals surface area contributed by atoms with E-state index in [-0.39, 0.29) is 0 Å². The molecule has 0 amide bonds. The van der Waals surface area contributed by atoms with Crippen molar-refractivity contribution in [1.82, 2.24) is 4.57 Å². The van der Waals surface area contributed by atoms with Crippen molar-refractivity contribution in [3.05, 3.63) is 273 Å². The van der Waals surface area contributed by atoms with Gasteiger partial charge in [0.05, 0.1) is 11.0 Å². The average Bonchev–Trinajstić information content (AvgIpc) is 3.73. The summed E-state index contributed by atoms with van der Waals surface area (Å²) in [4.78, 5) is 0. The summed E-state index contributed by atoms with van der Waals surface area (Å²) >= 11 is 0. The van der Waals surface area contributed by atoms with E-state index in [1.807, 2.05) is 133 Å². The highest BCUT2D eigenvalue weighted by atomic mass is 31.2. The largest absolute Gasteiger partial charge is 0.309 e. The fourth-order valence-corrected chi connectivity index (χ4v) is 20.1. The molecule has 0 fully saturated rings. The van der Waals surface area contributed by atoms with Gasteiger partial charge >= 0.3 is 0 Å². The molecule has 0 spiro atoms. The lowest BCUT2D eigenvalue weighted by atomic mass is 10.1. The van der Waals surface area contributed by atoms with Crippen LogP contribution in [0, 0.1) is 0 Å². The average molecular weight is 902 g/mol. The van der Waals surface area contributed by atoms with Gasteiger partial charge in [-0.25, -0.2) is 0 Å². The van der Waals surface area contributed by atoms with E-state index in [9.17, 15) is 0 Å². The Balaban J connectivity index is 1.17. The van der Waals surface area contributed by atoms with E-state index in [1.165, 1.54) is 20.7 Å². The quantitative estimate of drug-likeness (QED) is 0.0738. The standard InChI is InChI=1S/C60H45NO2P2Si/c62-64(47-22-8-1-9-23-47,48-24-10-2-11-25-48)51-38-42-59-57(44-51)58-45-52(65(63,49-26-12-3-13-27-49)50-28-14-4-15-29-50)39-43-60(58)61(59)46-36-40-56(41-37-46)66(53-30-16-5-17-31-53,54-32-18-6-19-33-54)55-34-20-7-21-35-55/h1-45H. The van der Waals surface area contributed by atoms with Gasteiger partial charge in [-0.3, -0.25) is 0 Å². The van der Waals surface area contributed by atoms with Crippen molar-refractivity contribution in [2.24, 2.45) is 0 Å². The predicted molar refractivity (Wildman–Crippen MR) is 283 cm³/mol. The second kappa shape index (κ2) is 17.2. The van der Waals surface area contributed by atoms with Gasteiger partial charge in [0, 0.05) is 48.3 Å². The normalized spacial score (nSPS) is 12.1. The molecular weight excluding hydrogens is 857 g/mol. The van der Waals surface area contributed by atoms with Crippen LogP contribution in [0.3, 0.4) is 0 Å². The van der Waals surface area contributed by atoms with Crippen molar-refractivity contribution in [1.29, 1.82) is 0 Å². The smallest absolute Gasteiger partial charge is 0.179 e. The molecule has 11 rings (SSSR count). The molecule has 0 aliphatic carbocycles. The maximum atomic E-state index is 15.9. The number of hydrogen-bond donors (Lipinski definition) is 0. The van der Waals surface area contributed by atoms with Crippen LogP contribution >= 0.6 is 14.3 Å². The second-order valence-electron chi connectivity index (χ2n) is 16.7. The van der Waals surface area contributed by atoms with Gasteiger partial charge in [0.2, 0.25) is 0 Å². The lowest BCUT2D eigenvalue weighted by Gasteiger charge is -2.34. The first-order valence-electron chi connectivity index (χ1n) is 22.3. The van der Waals surface area contributed by atoms with Crippen molar-refractivity contribution >= 4 is 96.7 Å². The summed E-state index contributed by atoms with van der Waals surface area (Å²) in [5.41, 5.74) is 2.94. The first kappa shape index (κ1) is 41.4. The van der Waals surface area contributed by atoms with Gasteiger partial charge in [0.25, 0.3) is 0 Å². The third-order valence-electron chi connectivity index (χ3n) is 13.1. The molecule has 0 aliphatic heterocycles. The lowest BCUT2D eigenvalue weighted by molar-refractivity contribution is 0.591. The van der Waals surface area contributed by atoms with Gasteiger partial charge in [0.1, 0.15) is 0 Å². The van der Waals surface area contributed by atoms with Gasteiger partial charge < -0.3 is 13.7 Å². The fraction of sp³-hybridized carbons (Fsp3) is 0. The zero-order valence-electron chi connectivity index (χ0n) is 36.1. The lowest BCUT2D eigenvalue weighted by Crippen LogP contribution is -2.74. The minimum Gasteiger partial charge on any atom is -0.309 e. The summed E-state index contributed by atoms with van der Waals surface area (Å²) in [6.07, 6.45) is 0. The van der Waals surface area contributed by atoms with Gasteiger partial charge in [0.15, 0.2) is 22.4 Å². The third kappa shape index (κ3) is 6.81. The maximum Gasteiger partial charge on any atom is 0.179 e. The predicted octanol–water partition coefficient (Wildman–Crippen LogP) is 9.44. The van der Waals surface area contributed by atoms with Crippen molar-refractivity contribution in [3.63, 3.8) is 0 Å². The molecule has 0 saturated carbocycles. The van der Waals surface area contributed by atoms with E-state index in [4.69, 9.17) is 0 Å². The Labute approximate surface area is 387 Å². The van der Waals surface area contributed by atoms with E-state index in [0.29, 0.717) is 0 Å². The van der Waals surface area contributed by atoms with E-state index in [1.54, 1.807) is 0 Å². The number of rotatable bonds is 11. The molecule has 0 saturated heterocycles. The number of hydrogen-bond acceptors (Lipinski definition) is 2. The van der Waals surface area contributed by atoms with Crippen LogP contribution in [0.1, 0.15) is 0 Å². The number of nitrogens with zero attached hydrogens (tertiary/aromatic N) is 1. The summed E-state index contributed by atoms with van der Waals surface area (Å²) in [5, 5.41) is 11.7. The molecule has 0 N–H and O–H groups in total. The molecule has 0 radical (unpaired) electrons. The minimum atomic E-state index is -3.33. The van der Waals surface area contributed by atoms with Crippen LogP contribution in [0.2, 0.25) is 0 Å². The summed E-state index contributed by atoms with van der Waals surface area (Å²) in [6, 6.07) is 94.0. The zero-order valence-corrected chi connectivity index (χ0v) is 38.9. The first-order chi connectivity index (χ1) is 32.5. The van der Waals surface area contributed by atoms with E-state index in [0.717, 1.165) is 59.3 Å². The molecule has 0 aliphatic rings. The summed E-state index contributed by atoms with van der Waals surface area (Å²) in [6.45, 7) is 0. The van der Waals surface area contributed by atoms with E-state index < -0.39 is 22.4 Å². The van der Waals surface area contributed by atoms with Gasteiger partial charge in [-0.15, -0.1) is 0 Å². The van der Waals surface area contributed by atoms with Gasteiger partial charge in [-0.05, 0) is 69.3 Å². The molecule has 10 aromatic carbocycles. The zero-order chi connectivity index (χ0) is 44.6. The van der Waals surface area contributed by atoms with Crippen molar-refractivity contribution in [2.75, 3.05) is 0 Å². The maximum absolute atomic E-state index is 15.9. The van der Waals surface area contributed by atoms with Crippen LogP contribution in [0.15, 0.2) is 273 Å². The van der Waals surface area contributed by atoms with Gasteiger partial charge in [-0.1, -0.05) is 224 Å². The monoisotopic (exact) mass is 901 g/mol. The van der Waals surface area contributed by atoms with Crippen molar-refractivity contribution in [2.45, 2.75) is 0 Å². The Morgan fingerprint density at radius 1 is 0.273 bits per heavy atom. The summed E-state index contributed by atoms with van der Waals surface area (Å²) in [7, 11) is -9.44. The molecule has 66 heavy (non-hydrogen) atoms. The second-order valence-corrected chi connectivity index (χ2v) is 26.0. The third-order valence-corrected chi connectivity index (χ3v) is 24.0. The fourth-order valence-electron chi connectivity index (χ4n) is 10.0. The van der Waals surface area contributed by atoms with Crippen LogP contribution in [-0.2, 0) is 9.13 Å². The molecule has 0 atom stereocenters. The Morgan fingerprint density at radius 2 is 0.545 bits per heavy atom. The molecule has 1 aromatic heterocycles. The van der Waals surface area contributed by atoms with Crippen LogP contribution < -0.4 is 52.6 Å². The molecular formula is C60H45NO2P2Si. The topological polar surface area (TPSA) is 39.1 Å². The molecule has 0 bridgehead atoms. The van der Waals surface area contributed by atoms with Crippen LogP contribution in [0.5, 0.6) is 0 Å². The van der Waals surface area contributed by atoms with E-state index >= 15 is 9.13 Å². The van der Waals surface area contributed by atoms with Crippen LogP contribution in [-0.4, -0.2) is 12.6 Å². The minimum absolute atomic E-state index is 0.742. The first-order valence-corrected chi connectivity index (χ1v) is 27.7. The van der Waals surface area contributed by atoms with E-state index in [2.05, 4.69) is 144 Å². The van der Waals surface area contributed by atoms with Crippen LogP contribution in [0.4, 0.5) is 0 Å². The Kier molecular flexibility index (Phi) is 10.8. The number of benzene rings is 10. The summed E-state index contributed by atoms with van der Waals surface area (Å²) < 4.78 is 34.1. The SMILES string of the molecule is O=P(c1ccccc1)(c1ccccc1)c1ccc2c(c1)c1cc(P(=O)(c3ccccc3)c3ccccc3)ccc1n2-c1ccc([Si](c2ccccc2)(c2ccccc2)c2ccccc2)cc1. The highest BCUT2D eigenvalue weighted by Gasteiger charge is 2.41. The Morgan fingerprint density at radius 3 is 0.848 bits per heavy atom. The van der Waals surface area contributed by atoms with Gasteiger partial charge in [-0.2, -0.15) is 0 Å². The Hall–Kier alpha value is -7.32.